The molecule has 0 N–H and O–H groups in total. The smallest absolute Gasteiger partial charge is 0.106 e. The van der Waals surface area contributed by atoms with E-state index < -0.39 is 0 Å². The van der Waals surface area contributed by atoms with Crippen LogP contribution in [0.4, 0.5) is 0 Å². The van der Waals surface area contributed by atoms with Crippen molar-refractivity contribution in [1.82, 2.24) is 0 Å². The predicted octanol–water partition coefficient (Wildman–Crippen LogP) is 2.89. The fraction of sp³-hybridized carbons (Fsp3) is 0.556. The van der Waals surface area contributed by atoms with Crippen molar-refractivity contribution in [3.05, 3.63) is 24.0 Å². The van der Waals surface area contributed by atoms with Crippen LogP contribution in [-0.4, -0.2) is 6.61 Å². The maximum Gasteiger partial charge on any atom is 0.106 e. The van der Waals surface area contributed by atoms with Gasteiger partial charge in [0.15, 0.2) is 0 Å². The molecule has 1 heteroatoms. The van der Waals surface area contributed by atoms with Gasteiger partial charge in [0.2, 0.25) is 0 Å². The highest BCUT2D eigenvalue weighted by atomic mass is 16.5. The molecule has 0 radical (unpaired) electrons. The van der Waals surface area contributed by atoms with Gasteiger partial charge in [-0.1, -0.05) is 19.1 Å². The number of hydrogen-bond donors (Lipinski definition) is 0. The molecule has 0 aromatic rings. The lowest BCUT2D eigenvalue weighted by atomic mass is 10.4. The molecule has 0 aliphatic carbocycles. The van der Waals surface area contributed by atoms with Crippen molar-refractivity contribution < 1.29 is 4.74 Å². The molecule has 0 aliphatic heterocycles. The summed E-state index contributed by atoms with van der Waals surface area (Å²) in [7, 11) is 0. The molecule has 0 atom stereocenters. The number of ether oxygens (including phenoxy) is 1. The summed E-state index contributed by atoms with van der Waals surface area (Å²) >= 11 is 0. The lowest BCUT2D eigenvalue weighted by Crippen LogP contribution is -1.89. The minimum atomic E-state index is 0.698. The summed E-state index contributed by atoms with van der Waals surface area (Å²) in [6.45, 7) is 6.77. The van der Waals surface area contributed by atoms with Crippen molar-refractivity contribution >= 4 is 0 Å². The van der Waals surface area contributed by atoms with Crippen molar-refractivity contribution in [3.63, 3.8) is 0 Å². The molecule has 0 aromatic carbocycles. The van der Waals surface area contributed by atoms with Gasteiger partial charge in [-0.05, 0) is 19.9 Å². The van der Waals surface area contributed by atoms with Gasteiger partial charge in [-0.15, -0.1) is 0 Å². The fourth-order valence-corrected chi connectivity index (χ4v) is 0.641. The molecule has 0 saturated carbocycles. The third-order valence-corrected chi connectivity index (χ3v) is 1.27. The first-order valence-electron chi connectivity index (χ1n) is 3.74. The average Bonchev–Trinajstić information content (AvgIpc) is 1.99. The van der Waals surface area contributed by atoms with E-state index in [1.165, 1.54) is 0 Å². The van der Waals surface area contributed by atoms with Crippen LogP contribution in [0.1, 0.15) is 27.2 Å². The third-order valence-electron chi connectivity index (χ3n) is 1.27. The Bertz CT molecular complexity index is 123. The van der Waals surface area contributed by atoms with E-state index in [1.807, 2.05) is 32.1 Å². The van der Waals surface area contributed by atoms with E-state index in [-0.39, 0.29) is 0 Å². The van der Waals surface area contributed by atoms with E-state index in [2.05, 4.69) is 6.92 Å². The predicted molar refractivity (Wildman–Crippen MR) is 44.8 cm³/mol. The van der Waals surface area contributed by atoms with Crippen LogP contribution < -0.4 is 0 Å². The Morgan fingerprint density at radius 2 is 2.10 bits per heavy atom. The van der Waals surface area contributed by atoms with Gasteiger partial charge < -0.3 is 4.74 Å². The molecular formula is C9H16O. The maximum absolute atomic E-state index is 5.36. The zero-order valence-corrected chi connectivity index (χ0v) is 7.05. The maximum atomic E-state index is 5.36. The molecule has 0 aromatic heterocycles. The zero-order valence-electron chi connectivity index (χ0n) is 7.05. The molecule has 0 spiro atoms. The van der Waals surface area contributed by atoms with Gasteiger partial charge in [0.05, 0.1) is 5.76 Å². The normalized spacial score (nSPS) is 12.5. The molecule has 0 bridgehead atoms. The topological polar surface area (TPSA) is 9.23 Å². The van der Waals surface area contributed by atoms with E-state index in [0.29, 0.717) is 6.61 Å². The lowest BCUT2D eigenvalue weighted by Gasteiger charge is -2.03. The molecule has 10 heavy (non-hydrogen) atoms. The quantitative estimate of drug-likeness (QED) is 0.431. The summed E-state index contributed by atoms with van der Waals surface area (Å²) in [6, 6.07) is 0. The van der Waals surface area contributed by atoms with Gasteiger partial charge >= 0.3 is 0 Å². The lowest BCUT2D eigenvalue weighted by molar-refractivity contribution is 0.238. The van der Waals surface area contributed by atoms with Crippen molar-refractivity contribution in [3.8, 4) is 0 Å². The molecule has 58 valence electrons. The van der Waals surface area contributed by atoms with Gasteiger partial charge in [-0.3, -0.25) is 0 Å². The van der Waals surface area contributed by atoms with Crippen LogP contribution in [0, 0.1) is 0 Å². The van der Waals surface area contributed by atoms with Crippen LogP contribution in [-0.2, 0) is 4.74 Å². The molecule has 0 rings (SSSR count). The van der Waals surface area contributed by atoms with E-state index in [0.717, 1.165) is 12.2 Å². The van der Waals surface area contributed by atoms with Crippen LogP contribution in [0.15, 0.2) is 24.0 Å². The van der Waals surface area contributed by atoms with E-state index >= 15 is 0 Å². The third kappa shape index (κ3) is 4.19. The van der Waals surface area contributed by atoms with Crippen molar-refractivity contribution in [2.45, 2.75) is 27.2 Å². The first kappa shape index (κ1) is 9.28. The fourth-order valence-electron chi connectivity index (χ4n) is 0.641. The average molecular weight is 140 g/mol. The molecule has 0 fully saturated rings. The minimum Gasteiger partial charge on any atom is -0.494 e. The number of hydrogen-bond acceptors (Lipinski definition) is 1. The Balaban J connectivity index is 3.46. The molecule has 0 saturated heterocycles. The van der Waals surface area contributed by atoms with E-state index in [4.69, 9.17) is 4.74 Å². The summed E-state index contributed by atoms with van der Waals surface area (Å²) in [5.74, 6) is 1.07. The summed E-state index contributed by atoms with van der Waals surface area (Å²) in [5.41, 5.74) is 0. The summed E-state index contributed by atoms with van der Waals surface area (Å²) in [4.78, 5) is 0. The minimum absolute atomic E-state index is 0.698. The molecule has 0 unspecified atom stereocenters. The van der Waals surface area contributed by atoms with Gasteiger partial charge in [0.25, 0.3) is 0 Å². The Hall–Kier alpha value is -0.720. The van der Waals surface area contributed by atoms with Gasteiger partial charge in [0.1, 0.15) is 6.61 Å². The number of allylic oxidation sites excluding steroid dienone is 3. The number of rotatable bonds is 4. The first-order chi connectivity index (χ1) is 4.85. The highest BCUT2D eigenvalue weighted by molar-refractivity contribution is 4.90. The highest BCUT2D eigenvalue weighted by Gasteiger charge is 1.87. The molecule has 1 nitrogen and oxygen atoms in total. The first-order valence-corrected chi connectivity index (χ1v) is 3.74. The van der Waals surface area contributed by atoms with Crippen molar-refractivity contribution in [1.29, 1.82) is 0 Å². The van der Waals surface area contributed by atoms with Crippen molar-refractivity contribution in [2.75, 3.05) is 6.61 Å². The van der Waals surface area contributed by atoms with Crippen LogP contribution >= 0.6 is 0 Å². The summed E-state index contributed by atoms with van der Waals surface area (Å²) in [5, 5.41) is 0. The van der Waals surface area contributed by atoms with Crippen LogP contribution in [0.3, 0.4) is 0 Å². The highest BCUT2D eigenvalue weighted by Crippen LogP contribution is 2.01. The Morgan fingerprint density at radius 3 is 2.50 bits per heavy atom. The van der Waals surface area contributed by atoms with E-state index in [9.17, 15) is 0 Å². The van der Waals surface area contributed by atoms with Gasteiger partial charge in [0, 0.05) is 6.42 Å². The summed E-state index contributed by atoms with van der Waals surface area (Å²) in [6.07, 6.45) is 6.97. The molecule has 0 amide bonds. The molecular weight excluding hydrogens is 124 g/mol. The second-order valence-electron chi connectivity index (χ2n) is 1.99. The van der Waals surface area contributed by atoms with Crippen molar-refractivity contribution in [2.24, 2.45) is 0 Å². The Morgan fingerprint density at radius 1 is 1.40 bits per heavy atom. The second kappa shape index (κ2) is 6.40. The molecule has 0 aliphatic rings. The Labute approximate surface area is 63.4 Å². The van der Waals surface area contributed by atoms with Gasteiger partial charge in [-0.2, -0.15) is 0 Å². The second-order valence-corrected chi connectivity index (χ2v) is 1.99. The summed E-state index contributed by atoms with van der Waals surface area (Å²) < 4.78 is 5.36. The van der Waals surface area contributed by atoms with Crippen LogP contribution in [0.5, 0.6) is 0 Å². The van der Waals surface area contributed by atoms with Gasteiger partial charge in [-0.25, -0.2) is 0 Å². The molecule has 0 heterocycles. The van der Waals surface area contributed by atoms with E-state index in [1.54, 1.807) is 0 Å². The van der Waals surface area contributed by atoms with Crippen LogP contribution in [0.2, 0.25) is 0 Å². The standard InChI is InChI=1S/C9H16O/c1-4-7-8-10-9(5-2)6-3/h4-5,7H,6,8H2,1-3H3/b7-4+,9-5-. The zero-order chi connectivity index (χ0) is 7.82. The van der Waals surface area contributed by atoms with Crippen LogP contribution in [0.25, 0.3) is 0 Å². The Kier molecular flexibility index (Phi) is 5.94. The SMILES string of the molecule is C/C=C(/CC)OC/C=C/C. The largest absolute Gasteiger partial charge is 0.494 e. The monoisotopic (exact) mass is 140 g/mol.